The summed E-state index contributed by atoms with van der Waals surface area (Å²) < 4.78 is 10.9. The van der Waals surface area contributed by atoms with Crippen molar-refractivity contribution in [3.8, 4) is 0 Å². The molecular weight excluding hydrogens is 462 g/mol. The summed E-state index contributed by atoms with van der Waals surface area (Å²) in [6.07, 6.45) is 2.15. The summed E-state index contributed by atoms with van der Waals surface area (Å²) in [7, 11) is 0. The van der Waals surface area contributed by atoms with E-state index in [0.29, 0.717) is 45.1 Å². The van der Waals surface area contributed by atoms with E-state index in [1.807, 2.05) is 39.8 Å². The van der Waals surface area contributed by atoms with Gasteiger partial charge in [0.05, 0.1) is 0 Å². The summed E-state index contributed by atoms with van der Waals surface area (Å²) >= 11 is 0. The normalized spacial score (nSPS) is 21.7. The summed E-state index contributed by atoms with van der Waals surface area (Å²) in [5, 5.41) is 9.02. The molecule has 0 spiro atoms. The summed E-state index contributed by atoms with van der Waals surface area (Å²) in [6, 6.07) is 7.35. The van der Waals surface area contributed by atoms with E-state index in [9.17, 15) is 14.4 Å². The number of carbonyl (C=O) groups excluding carboxylic acids is 3. The van der Waals surface area contributed by atoms with E-state index < -0.39 is 11.9 Å². The minimum atomic E-state index is -0.656. The summed E-state index contributed by atoms with van der Waals surface area (Å²) in [5.74, 6) is 0.359. The minimum absolute atomic E-state index is 0.105. The van der Waals surface area contributed by atoms with Crippen LogP contribution < -0.4 is 16.0 Å². The maximum Gasteiger partial charge on any atom is 0.410 e. The second-order valence-corrected chi connectivity index (χ2v) is 10.8. The van der Waals surface area contributed by atoms with Gasteiger partial charge in [-0.25, -0.2) is 19.3 Å². The largest absolute Gasteiger partial charge is 0.444 e. The van der Waals surface area contributed by atoms with Crippen molar-refractivity contribution in [2.24, 2.45) is 0 Å². The van der Waals surface area contributed by atoms with Gasteiger partial charge in [-0.2, -0.15) is 0 Å². The van der Waals surface area contributed by atoms with Crippen LogP contribution in [0.4, 0.5) is 14.4 Å². The van der Waals surface area contributed by atoms with Crippen molar-refractivity contribution < 1.29 is 23.9 Å². The van der Waals surface area contributed by atoms with Crippen molar-refractivity contribution in [1.82, 2.24) is 25.8 Å². The van der Waals surface area contributed by atoms with Crippen LogP contribution >= 0.6 is 0 Å². The zero-order chi connectivity index (χ0) is 25.9. The molecule has 3 fully saturated rings. The zero-order valence-electron chi connectivity index (χ0n) is 21.7. The average molecular weight is 502 g/mol. The lowest BCUT2D eigenvalue weighted by atomic mass is 9.88. The molecule has 1 aromatic rings. The Labute approximate surface area is 213 Å². The number of ether oxygens (including phenoxy) is 2. The molecular formula is C26H39N5O5. The first-order chi connectivity index (χ1) is 17.1. The molecule has 0 aliphatic carbocycles. The predicted octanol–water partition coefficient (Wildman–Crippen LogP) is 3.65. The molecule has 10 heteroatoms. The van der Waals surface area contributed by atoms with Gasteiger partial charge < -0.3 is 25.0 Å². The lowest BCUT2D eigenvalue weighted by Gasteiger charge is -2.39. The van der Waals surface area contributed by atoms with E-state index in [2.05, 4.69) is 28.1 Å². The van der Waals surface area contributed by atoms with Crippen LogP contribution in [0.3, 0.4) is 0 Å². The van der Waals surface area contributed by atoms with Gasteiger partial charge in [-0.05, 0) is 70.4 Å². The molecule has 0 radical (unpaired) electrons. The first kappa shape index (κ1) is 26.2. The van der Waals surface area contributed by atoms with Gasteiger partial charge in [-0.3, -0.25) is 5.32 Å². The fraction of sp³-hybridized carbons (Fsp3) is 0.654. The van der Waals surface area contributed by atoms with E-state index in [0.717, 1.165) is 18.4 Å². The summed E-state index contributed by atoms with van der Waals surface area (Å²) in [6.45, 7) is 10.1. The van der Waals surface area contributed by atoms with Gasteiger partial charge >= 0.3 is 18.2 Å². The molecule has 3 heterocycles. The molecule has 3 N–H and O–H groups in total. The maximum absolute atomic E-state index is 12.7. The van der Waals surface area contributed by atoms with Crippen LogP contribution in [0.2, 0.25) is 0 Å². The lowest BCUT2D eigenvalue weighted by Crippen LogP contribution is -2.70. The maximum atomic E-state index is 12.7. The molecule has 10 nitrogen and oxygen atoms in total. The Kier molecular flexibility index (Phi) is 8.04. The molecule has 0 bridgehead atoms. The van der Waals surface area contributed by atoms with E-state index >= 15 is 0 Å². The highest BCUT2D eigenvalue weighted by molar-refractivity contribution is 5.96. The average Bonchev–Trinajstić information content (AvgIpc) is 2.83. The first-order valence-corrected chi connectivity index (χ1v) is 12.9. The van der Waals surface area contributed by atoms with E-state index in [1.165, 1.54) is 10.5 Å². The van der Waals surface area contributed by atoms with Crippen LogP contribution in [0, 0.1) is 0 Å². The van der Waals surface area contributed by atoms with Crippen LogP contribution in [-0.2, 0) is 9.47 Å². The molecule has 198 valence electrons. The van der Waals surface area contributed by atoms with Crippen molar-refractivity contribution in [2.45, 2.75) is 83.3 Å². The molecule has 4 rings (SSSR count). The van der Waals surface area contributed by atoms with Gasteiger partial charge in [0.1, 0.15) is 5.60 Å². The number of likely N-dealkylation sites (tertiary alicyclic amines) is 1. The van der Waals surface area contributed by atoms with Crippen LogP contribution in [0.1, 0.15) is 76.5 Å². The van der Waals surface area contributed by atoms with Crippen molar-refractivity contribution in [2.75, 3.05) is 26.3 Å². The van der Waals surface area contributed by atoms with Gasteiger partial charge in [0.2, 0.25) is 0 Å². The van der Waals surface area contributed by atoms with Crippen LogP contribution in [-0.4, -0.2) is 72.2 Å². The highest BCUT2D eigenvalue weighted by atomic mass is 16.6. The van der Waals surface area contributed by atoms with Crippen LogP contribution in [0.25, 0.3) is 0 Å². The number of piperidine rings is 1. The Bertz CT molecular complexity index is 932. The monoisotopic (exact) mass is 501 g/mol. The zero-order valence-corrected chi connectivity index (χ0v) is 21.7. The number of imide groups is 1. The molecule has 3 aliphatic rings. The van der Waals surface area contributed by atoms with Crippen molar-refractivity contribution in [3.05, 3.63) is 35.4 Å². The smallest absolute Gasteiger partial charge is 0.410 e. The topological polar surface area (TPSA) is 112 Å². The number of hydrogen-bond acceptors (Lipinski definition) is 6. The number of nitrogens with zero attached hydrogens (tertiary/aromatic N) is 2. The standard InChI is InChI=1S/C26H39N5O5/c1-17(27-22-28-23(32)31(24(33)29-22)21-10-14-35-15-11-21)19-6-5-7-20(16-19)18-8-12-30(13-9-18)25(34)36-26(2,3)4/h5-7,16-18,21-22,27H,8-15H2,1-4H3,(H,28,32)(H,29,33)/t17-/m0/s1. The molecule has 1 aromatic carbocycles. The Morgan fingerprint density at radius 1 is 1.08 bits per heavy atom. The highest BCUT2D eigenvalue weighted by Gasteiger charge is 2.37. The van der Waals surface area contributed by atoms with Crippen molar-refractivity contribution in [1.29, 1.82) is 0 Å². The molecule has 5 amide bonds. The number of benzene rings is 1. The Morgan fingerprint density at radius 2 is 1.72 bits per heavy atom. The number of amides is 5. The van der Waals surface area contributed by atoms with Gasteiger partial charge in [0.25, 0.3) is 0 Å². The Hall–Kier alpha value is -2.85. The number of urea groups is 2. The molecule has 36 heavy (non-hydrogen) atoms. The van der Waals surface area contributed by atoms with Crippen molar-refractivity contribution in [3.63, 3.8) is 0 Å². The molecule has 1 atom stereocenters. The number of carbonyl (C=O) groups is 3. The molecule has 0 aromatic heterocycles. The summed E-state index contributed by atoms with van der Waals surface area (Å²) in [4.78, 5) is 40.8. The lowest BCUT2D eigenvalue weighted by molar-refractivity contribution is 0.0204. The molecule has 3 saturated heterocycles. The molecule has 0 saturated carbocycles. The number of nitrogens with one attached hydrogen (secondary N) is 3. The fourth-order valence-corrected chi connectivity index (χ4v) is 5.02. The van der Waals surface area contributed by atoms with E-state index in [1.54, 1.807) is 4.90 Å². The predicted molar refractivity (Wildman–Crippen MR) is 134 cm³/mol. The highest BCUT2D eigenvalue weighted by Crippen LogP contribution is 2.30. The number of rotatable bonds is 5. The van der Waals surface area contributed by atoms with Crippen molar-refractivity contribution >= 4 is 18.2 Å². The fourth-order valence-electron chi connectivity index (χ4n) is 5.02. The minimum Gasteiger partial charge on any atom is -0.444 e. The van der Waals surface area contributed by atoms with Crippen LogP contribution in [0.15, 0.2) is 24.3 Å². The SMILES string of the molecule is C[C@H](NC1NC(=O)N(C2CCOCC2)C(=O)N1)c1cccc(C2CCN(C(=O)OC(C)(C)C)CC2)c1. The van der Waals surface area contributed by atoms with Gasteiger partial charge in [0.15, 0.2) is 6.29 Å². The van der Waals surface area contributed by atoms with E-state index in [4.69, 9.17) is 9.47 Å². The quantitative estimate of drug-likeness (QED) is 0.568. The van der Waals surface area contributed by atoms with Gasteiger partial charge in [0, 0.05) is 38.4 Å². The first-order valence-electron chi connectivity index (χ1n) is 12.9. The molecule has 0 unspecified atom stereocenters. The third kappa shape index (κ3) is 6.47. The van der Waals surface area contributed by atoms with Crippen LogP contribution in [0.5, 0.6) is 0 Å². The Balaban J connectivity index is 1.31. The van der Waals surface area contributed by atoms with Gasteiger partial charge in [-0.15, -0.1) is 0 Å². The van der Waals surface area contributed by atoms with Gasteiger partial charge in [-0.1, -0.05) is 24.3 Å². The van der Waals surface area contributed by atoms with E-state index in [-0.39, 0.29) is 30.2 Å². The number of hydrogen-bond donors (Lipinski definition) is 3. The Morgan fingerprint density at radius 3 is 2.33 bits per heavy atom. The third-order valence-corrected chi connectivity index (χ3v) is 6.97. The second-order valence-electron chi connectivity index (χ2n) is 10.8. The second kappa shape index (κ2) is 11.0. The third-order valence-electron chi connectivity index (χ3n) is 6.97. The summed E-state index contributed by atoms with van der Waals surface area (Å²) in [5.41, 5.74) is 1.80. The molecule has 3 aliphatic heterocycles.